The summed E-state index contributed by atoms with van der Waals surface area (Å²) in [6, 6.07) is 0. The molecule has 0 radical (unpaired) electrons. The lowest BCUT2D eigenvalue weighted by atomic mass is 10.2. The first-order chi connectivity index (χ1) is 7.27. The monoisotopic (exact) mass is 210 g/mol. The van der Waals surface area contributed by atoms with Gasteiger partial charge in [-0.2, -0.15) is 0 Å². The van der Waals surface area contributed by atoms with Gasteiger partial charge in [-0.3, -0.25) is 4.79 Å². The second kappa shape index (κ2) is 11.0. The molecule has 0 amide bonds. The summed E-state index contributed by atoms with van der Waals surface area (Å²) in [4.78, 5) is 10.4. The number of hydrogen-bond donors (Lipinski definition) is 0. The van der Waals surface area contributed by atoms with Crippen LogP contribution in [0.4, 0.5) is 0 Å². The van der Waals surface area contributed by atoms with E-state index < -0.39 is 0 Å². The van der Waals surface area contributed by atoms with Gasteiger partial charge in [-0.1, -0.05) is 44.1 Å². The molecular formula is C13H22O2. The highest BCUT2D eigenvalue weighted by Crippen LogP contribution is 1.96. The van der Waals surface area contributed by atoms with Gasteiger partial charge in [0.25, 0.3) is 0 Å². The van der Waals surface area contributed by atoms with E-state index in [2.05, 4.69) is 31.2 Å². The van der Waals surface area contributed by atoms with Crippen LogP contribution in [-0.4, -0.2) is 12.6 Å². The molecule has 0 aromatic rings. The van der Waals surface area contributed by atoms with Gasteiger partial charge in [0, 0.05) is 6.92 Å². The van der Waals surface area contributed by atoms with E-state index in [1.54, 1.807) is 0 Å². The van der Waals surface area contributed by atoms with Gasteiger partial charge in [0.15, 0.2) is 0 Å². The van der Waals surface area contributed by atoms with E-state index in [9.17, 15) is 4.79 Å². The Kier molecular flexibility index (Phi) is 10.3. The first-order valence-corrected chi connectivity index (χ1v) is 5.72. The zero-order valence-electron chi connectivity index (χ0n) is 9.87. The largest absolute Gasteiger partial charge is 0.466 e. The molecule has 0 saturated heterocycles. The Morgan fingerprint density at radius 1 is 1.13 bits per heavy atom. The van der Waals surface area contributed by atoms with Crippen LogP contribution in [0.3, 0.4) is 0 Å². The average Bonchev–Trinajstić information content (AvgIpc) is 2.20. The van der Waals surface area contributed by atoms with Gasteiger partial charge in [-0.15, -0.1) is 0 Å². The zero-order chi connectivity index (χ0) is 11.4. The number of esters is 1. The van der Waals surface area contributed by atoms with E-state index in [0.717, 1.165) is 19.3 Å². The van der Waals surface area contributed by atoms with E-state index in [0.29, 0.717) is 6.61 Å². The molecule has 15 heavy (non-hydrogen) atoms. The van der Waals surface area contributed by atoms with E-state index in [1.165, 1.54) is 19.8 Å². The third kappa shape index (κ3) is 12.9. The Bertz CT molecular complexity index is 205. The first-order valence-electron chi connectivity index (χ1n) is 5.72. The van der Waals surface area contributed by atoms with Crippen molar-refractivity contribution in [1.82, 2.24) is 0 Å². The Balaban J connectivity index is 3.23. The number of carbonyl (C=O) groups is 1. The average molecular weight is 210 g/mol. The highest BCUT2D eigenvalue weighted by atomic mass is 16.5. The molecule has 0 aliphatic heterocycles. The maximum Gasteiger partial charge on any atom is 0.302 e. The van der Waals surface area contributed by atoms with E-state index >= 15 is 0 Å². The molecule has 0 saturated carbocycles. The minimum atomic E-state index is -0.196. The topological polar surface area (TPSA) is 26.3 Å². The summed E-state index contributed by atoms with van der Waals surface area (Å²) in [6.45, 7) is 4.16. The lowest BCUT2D eigenvalue weighted by molar-refractivity contribution is -0.141. The van der Waals surface area contributed by atoms with Crippen molar-refractivity contribution in [3.8, 4) is 0 Å². The van der Waals surface area contributed by atoms with Gasteiger partial charge in [-0.05, 0) is 19.3 Å². The maximum absolute atomic E-state index is 10.4. The fourth-order valence-electron chi connectivity index (χ4n) is 1.09. The minimum Gasteiger partial charge on any atom is -0.466 e. The minimum absolute atomic E-state index is 0.196. The molecule has 0 spiro atoms. The quantitative estimate of drug-likeness (QED) is 0.347. The SMILES string of the molecule is CCCCC=CC=CCCCOC(C)=O. The summed E-state index contributed by atoms with van der Waals surface area (Å²) in [5.41, 5.74) is 0. The van der Waals surface area contributed by atoms with Crippen LogP contribution in [0.1, 0.15) is 46.0 Å². The highest BCUT2D eigenvalue weighted by molar-refractivity contribution is 5.65. The summed E-state index contributed by atoms with van der Waals surface area (Å²) in [5, 5.41) is 0. The van der Waals surface area contributed by atoms with Gasteiger partial charge < -0.3 is 4.74 Å². The van der Waals surface area contributed by atoms with Crippen molar-refractivity contribution in [3.63, 3.8) is 0 Å². The van der Waals surface area contributed by atoms with Crippen molar-refractivity contribution in [2.45, 2.75) is 46.0 Å². The maximum atomic E-state index is 10.4. The van der Waals surface area contributed by atoms with Crippen LogP contribution in [-0.2, 0) is 9.53 Å². The number of hydrogen-bond acceptors (Lipinski definition) is 2. The third-order valence-electron chi connectivity index (χ3n) is 1.93. The third-order valence-corrected chi connectivity index (χ3v) is 1.93. The predicted octanol–water partition coefficient (Wildman–Crippen LogP) is 3.63. The van der Waals surface area contributed by atoms with Crippen molar-refractivity contribution >= 4 is 5.97 Å². The van der Waals surface area contributed by atoms with Crippen LogP contribution in [0.25, 0.3) is 0 Å². The second-order valence-electron chi connectivity index (χ2n) is 3.48. The molecule has 0 unspecified atom stereocenters. The molecule has 0 aliphatic rings. The number of allylic oxidation sites excluding steroid dienone is 4. The van der Waals surface area contributed by atoms with Crippen molar-refractivity contribution in [2.24, 2.45) is 0 Å². The summed E-state index contributed by atoms with van der Waals surface area (Å²) in [6.07, 6.45) is 14.0. The van der Waals surface area contributed by atoms with Gasteiger partial charge in [0.05, 0.1) is 6.61 Å². The van der Waals surface area contributed by atoms with Crippen LogP contribution in [0, 0.1) is 0 Å². The van der Waals surface area contributed by atoms with Gasteiger partial charge >= 0.3 is 5.97 Å². The smallest absolute Gasteiger partial charge is 0.302 e. The molecule has 0 aromatic heterocycles. The number of unbranched alkanes of at least 4 members (excludes halogenated alkanes) is 3. The number of ether oxygens (including phenoxy) is 1. The Morgan fingerprint density at radius 3 is 2.27 bits per heavy atom. The molecule has 2 nitrogen and oxygen atoms in total. The van der Waals surface area contributed by atoms with Crippen LogP contribution in [0.15, 0.2) is 24.3 Å². The molecule has 86 valence electrons. The predicted molar refractivity (Wildman–Crippen MR) is 63.7 cm³/mol. The molecule has 0 fully saturated rings. The van der Waals surface area contributed by atoms with Gasteiger partial charge in [0.1, 0.15) is 0 Å². The Hall–Kier alpha value is -1.05. The highest BCUT2D eigenvalue weighted by Gasteiger charge is 1.89. The number of carbonyl (C=O) groups excluding carboxylic acids is 1. The van der Waals surface area contributed by atoms with Crippen molar-refractivity contribution in [1.29, 1.82) is 0 Å². The summed E-state index contributed by atoms with van der Waals surface area (Å²) in [5.74, 6) is -0.196. The standard InChI is InChI=1S/C13H22O2/c1-3-4-5-6-7-8-9-10-11-12-15-13(2)14/h6-9H,3-5,10-12H2,1-2H3. The van der Waals surface area contributed by atoms with E-state index in [1.807, 2.05) is 0 Å². The van der Waals surface area contributed by atoms with Gasteiger partial charge in [-0.25, -0.2) is 0 Å². The molecule has 0 atom stereocenters. The molecular weight excluding hydrogens is 188 g/mol. The van der Waals surface area contributed by atoms with Crippen molar-refractivity contribution in [3.05, 3.63) is 24.3 Å². The van der Waals surface area contributed by atoms with Crippen molar-refractivity contribution < 1.29 is 9.53 Å². The Labute approximate surface area is 93.0 Å². The fraction of sp³-hybridized carbons (Fsp3) is 0.615. The lowest BCUT2D eigenvalue weighted by Crippen LogP contribution is -1.99. The van der Waals surface area contributed by atoms with Crippen LogP contribution < -0.4 is 0 Å². The zero-order valence-corrected chi connectivity index (χ0v) is 9.87. The molecule has 2 heteroatoms. The molecule has 0 rings (SSSR count). The summed E-state index contributed by atoms with van der Waals surface area (Å²) >= 11 is 0. The fourth-order valence-corrected chi connectivity index (χ4v) is 1.09. The van der Waals surface area contributed by atoms with E-state index in [-0.39, 0.29) is 5.97 Å². The molecule has 0 heterocycles. The van der Waals surface area contributed by atoms with Crippen LogP contribution in [0.5, 0.6) is 0 Å². The van der Waals surface area contributed by atoms with Crippen LogP contribution in [0.2, 0.25) is 0 Å². The Morgan fingerprint density at radius 2 is 1.73 bits per heavy atom. The molecule has 0 N–H and O–H groups in total. The lowest BCUT2D eigenvalue weighted by Gasteiger charge is -1.97. The molecule has 0 bridgehead atoms. The summed E-state index contributed by atoms with van der Waals surface area (Å²) < 4.78 is 4.81. The molecule has 0 aromatic carbocycles. The summed E-state index contributed by atoms with van der Waals surface area (Å²) in [7, 11) is 0. The second-order valence-corrected chi connectivity index (χ2v) is 3.48. The molecule has 0 aliphatic carbocycles. The number of rotatable bonds is 8. The van der Waals surface area contributed by atoms with Gasteiger partial charge in [0.2, 0.25) is 0 Å². The van der Waals surface area contributed by atoms with E-state index in [4.69, 9.17) is 4.74 Å². The van der Waals surface area contributed by atoms with Crippen LogP contribution >= 0.6 is 0 Å². The normalized spacial score (nSPS) is 11.3. The first kappa shape index (κ1) is 13.9. The van der Waals surface area contributed by atoms with Crippen molar-refractivity contribution in [2.75, 3.05) is 6.61 Å².